The van der Waals surface area contributed by atoms with Crippen LogP contribution in [0.1, 0.15) is 18.9 Å². The first kappa shape index (κ1) is 22.8. The van der Waals surface area contributed by atoms with Crippen LogP contribution in [0.15, 0.2) is 59.1 Å². The molecule has 1 N–H and O–H groups in total. The molecule has 4 aromatic rings. The van der Waals surface area contributed by atoms with Crippen molar-refractivity contribution in [2.75, 3.05) is 13.7 Å². The number of fused-ring (bicyclic) bond motifs is 1. The van der Waals surface area contributed by atoms with E-state index in [1.807, 2.05) is 13.0 Å². The van der Waals surface area contributed by atoms with Gasteiger partial charge in [0.05, 0.1) is 19.2 Å². The van der Waals surface area contributed by atoms with Gasteiger partial charge in [-0.05, 0) is 55.3 Å². The molecule has 0 aliphatic rings. The van der Waals surface area contributed by atoms with Gasteiger partial charge in [0.15, 0.2) is 0 Å². The van der Waals surface area contributed by atoms with Gasteiger partial charge in [0.2, 0.25) is 5.88 Å². The summed E-state index contributed by atoms with van der Waals surface area (Å²) in [6.45, 7) is 2.32. The molecule has 0 fully saturated rings. The van der Waals surface area contributed by atoms with Crippen LogP contribution in [0.2, 0.25) is 0 Å². The molecule has 10 heteroatoms. The van der Waals surface area contributed by atoms with E-state index in [1.54, 1.807) is 42.6 Å². The number of aliphatic carboxylic acids is 1. The Morgan fingerprint density at radius 1 is 1.18 bits per heavy atom. The molecule has 1 aromatic carbocycles. The number of ether oxygens (including phenoxy) is 2. The van der Waals surface area contributed by atoms with Crippen LogP contribution in [0.3, 0.4) is 0 Å². The summed E-state index contributed by atoms with van der Waals surface area (Å²) >= 11 is 1.14. The number of carboxylic acid groups (broad SMARTS) is 1. The van der Waals surface area contributed by atoms with Gasteiger partial charge in [0.25, 0.3) is 10.0 Å². The van der Waals surface area contributed by atoms with Gasteiger partial charge < -0.3 is 14.6 Å². The number of thiophene rings is 1. The Morgan fingerprint density at radius 2 is 2.00 bits per heavy atom. The van der Waals surface area contributed by atoms with Gasteiger partial charge in [0.1, 0.15) is 9.96 Å². The molecule has 4 rings (SSSR count). The van der Waals surface area contributed by atoms with Crippen molar-refractivity contribution in [3.63, 3.8) is 0 Å². The van der Waals surface area contributed by atoms with Crippen molar-refractivity contribution >= 4 is 38.2 Å². The first-order valence-corrected chi connectivity index (χ1v) is 12.4. The Labute approximate surface area is 195 Å². The molecule has 33 heavy (non-hydrogen) atoms. The molecule has 3 aromatic heterocycles. The average Bonchev–Trinajstić information content (AvgIpc) is 3.44. The zero-order valence-electron chi connectivity index (χ0n) is 18.0. The lowest BCUT2D eigenvalue weighted by atomic mass is 10.1. The number of carbonyl (C=O) groups is 1. The fourth-order valence-electron chi connectivity index (χ4n) is 3.50. The number of rotatable bonds is 9. The Bertz CT molecular complexity index is 1400. The van der Waals surface area contributed by atoms with E-state index in [1.165, 1.54) is 17.3 Å². The highest BCUT2D eigenvalue weighted by atomic mass is 32.2. The molecular formula is C23H22N2O6S2. The van der Waals surface area contributed by atoms with E-state index in [2.05, 4.69) is 4.98 Å². The third-order valence-electron chi connectivity index (χ3n) is 5.07. The quantitative estimate of drug-likeness (QED) is 0.373. The second-order valence-corrected chi connectivity index (χ2v) is 10.3. The van der Waals surface area contributed by atoms with E-state index in [0.29, 0.717) is 34.7 Å². The van der Waals surface area contributed by atoms with Crippen molar-refractivity contribution in [3.8, 4) is 22.1 Å². The second kappa shape index (κ2) is 9.24. The molecule has 0 unspecified atom stereocenters. The summed E-state index contributed by atoms with van der Waals surface area (Å²) in [5.74, 6) is 0.125. The van der Waals surface area contributed by atoms with Crippen LogP contribution in [0.25, 0.3) is 21.3 Å². The van der Waals surface area contributed by atoms with Gasteiger partial charge in [-0.2, -0.15) is 8.42 Å². The Kier molecular flexibility index (Phi) is 6.39. The molecule has 0 spiro atoms. The lowest BCUT2D eigenvalue weighted by molar-refractivity contribution is -0.136. The van der Waals surface area contributed by atoms with Crippen molar-refractivity contribution in [3.05, 3.63) is 60.4 Å². The van der Waals surface area contributed by atoms with Crippen LogP contribution in [-0.4, -0.2) is 42.2 Å². The predicted molar refractivity (Wildman–Crippen MR) is 126 cm³/mol. The highest BCUT2D eigenvalue weighted by Crippen LogP contribution is 2.35. The summed E-state index contributed by atoms with van der Waals surface area (Å²) in [5, 5.41) is 9.77. The maximum Gasteiger partial charge on any atom is 0.303 e. The monoisotopic (exact) mass is 486 g/mol. The summed E-state index contributed by atoms with van der Waals surface area (Å²) in [5.41, 5.74) is 1.89. The van der Waals surface area contributed by atoms with E-state index < -0.39 is 16.0 Å². The highest BCUT2D eigenvalue weighted by molar-refractivity contribution is 7.92. The van der Waals surface area contributed by atoms with Crippen LogP contribution in [0.5, 0.6) is 11.6 Å². The molecule has 172 valence electrons. The van der Waals surface area contributed by atoms with E-state index in [9.17, 15) is 13.2 Å². The van der Waals surface area contributed by atoms with Crippen molar-refractivity contribution in [2.24, 2.45) is 0 Å². The zero-order chi connectivity index (χ0) is 23.6. The standard InChI is InChI=1S/C23H22N2O6S2/c1-3-31-17-6-7-19-18(12-17)16(5-10-22(26)27)14-25(19)33(28,29)23-11-8-20(32-23)15-4-9-21(30-2)24-13-15/h4,6-9,11-14H,3,5,10H2,1-2H3,(H,26,27). The predicted octanol–water partition coefficient (Wildman–Crippen LogP) is 4.43. The minimum atomic E-state index is -3.91. The number of carboxylic acids is 1. The number of aryl methyl sites for hydroxylation is 1. The topological polar surface area (TPSA) is 108 Å². The van der Waals surface area contributed by atoms with Gasteiger partial charge in [-0.25, -0.2) is 8.96 Å². The molecule has 0 atom stereocenters. The molecule has 0 bridgehead atoms. The number of hydrogen-bond donors (Lipinski definition) is 1. The Balaban J connectivity index is 1.76. The van der Waals surface area contributed by atoms with Crippen LogP contribution in [-0.2, 0) is 21.2 Å². The molecule has 8 nitrogen and oxygen atoms in total. The second-order valence-electron chi connectivity index (χ2n) is 7.17. The van der Waals surface area contributed by atoms with Crippen molar-refractivity contribution in [1.29, 1.82) is 0 Å². The number of methoxy groups -OCH3 is 1. The SMILES string of the molecule is CCOc1ccc2c(c1)c(CCC(=O)O)cn2S(=O)(=O)c1ccc(-c2ccc(OC)nc2)s1. The van der Waals surface area contributed by atoms with Crippen LogP contribution >= 0.6 is 11.3 Å². The van der Waals surface area contributed by atoms with Crippen LogP contribution < -0.4 is 9.47 Å². The Morgan fingerprint density at radius 3 is 2.67 bits per heavy atom. The molecule has 0 saturated carbocycles. The zero-order valence-corrected chi connectivity index (χ0v) is 19.6. The number of nitrogens with zero attached hydrogens (tertiary/aromatic N) is 2. The average molecular weight is 487 g/mol. The number of hydrogen-bond acceptors (Lipinski definition) is 7. The molecule has 0 saturated heterocycles. The van der Waals surface area contributed by atoms with Crippen molar-refractivity contribution in [1.82, 2.24) is 8.96 Å². The van der Waals surface area contributed by atoms with Gasteiger partial charge in [0, 0.05) is 40.7 Å². The van der Waals surface area contributed by atoms with Gasteiger partial charge in [-0.15, -0.1) is 11.3 Å². The summed E-state index contributed by atoms with van der Waals surface area (Å²) in [7, 11) is -2.38. The fraction of sp³-hybridized carbons (Fsp3) is 0.217. The molecule has 3 heterocycles. The van der Waals surface area contributed by atoms with Gasteiger partial charge in [-0.1, -0.05) is 0 Å². The number of benzene rings is 1. The fourth-order valence-corrected chi connectivity index (χ4v) is 6.28. The highest BCUT2D eigenvalue weighted by Gasteiger charge is 2.24. The van der Waals surface area contributed by atoms with Crippen LogP contribution in [0, 0.1) is 0 Å². The molecule has 0 aliphatic heterocycles. The van der Waals surface area contributed by atoms with Crippen molar-refractivity contribution in [2.45, 2.75) is 24.0 Å². The third-order valence-corrected chi connectivity index (χ3v) is 8.34. The minimum absolute atomic E-state index is 0.106. The van der Waals surface area contributed by atoms with Crippen molar-refractivity contribution < 1.29 is 27.8 Å². The van der Waals surface area contributed by atoms with Gasteiger partial charge in [-0.3, -0.25) is 4.79 Å². The van der Waals surface area contributed by atoms with E-state index in [-0.39, 0.29) is 17.1 Å². The molecule has 0 amide bonds. The lowest BCUT2D eigenvalue weighted by Gasteiger charge is -2.07. The Hall–Kier alpha value is -3.37. The largest absolute Gasteiger partial charge is 0.494 e. The summed E-state index contributed by atoms with van der Waals surface area (Å²) in [6.07, 6.45) is 3.24. The van der Waals surface area contributed by atoms with Crippen LogP contribution in [0.4, 0.5) is 0 Å². The normalized spacial score (nSPS) is 11.6. The van der Waals surface area contributed by atoms with E-state index >= 15 is 0 Å². The minimum Gasteiger partial charge on any atom is -0.494 e. The van der Waals surface area contributed by atoms with Gasteiger partial charge >= 0.3 is 5.97 Å². The first-order chi connectivity index (χ1) is 15.8. The smallest absolute Gasteiger partial charge is 0.303 e. The summed E-state index contributed by atoms with van der Waals surface area (Å²) in [4.78, 5) is 16.1. The molecule has 0 aliphatic carbocycles. The number of pyridine rings is 1. The maximum absolute atomic E-state index is 13.5. The third kappa shape index (κ3) is 4.57. The molecular weight excluding hydrogens is 464 g/mol. The summed E-state index contributed by atoms with van der Waals surface area (Å²) in [6, 6.07) is 12.0. The van der Waals surface area contributed by atoms with E-state index in [4.69, 9.17) is 14.6 Å². The maximum atomic E-state index is 13.5. The summed E-state index contributed by atoms with van der Waals surface area (Å²) < 4.78 is 39.1. The number of aromatic nitrogens is 2. The van der Waals surface area contributed by atoms with E-state index in [0.717, 1.165) is 21.8 Å². The first-order valence-electron chi connectivity index (χ1n) is 10.2. The molecule has 0 radical (unpaired) electrons. The lowest BCUT2D eigenvalue weighted by Crippen LogP contribution is -2.10.